The molecular weight excluding hydrogens is 258 g/mol. The van der Waals surface area contributed by atoms with Gasteiger partial charge in [-0.2, -0.15) is 0 Å². The maximum absolute atomic E-state index is 5.86. The zero-order valence-corrected chi connectivity index (χ0v) is 12.0. The van der Waals surface area contributed by atoms with Gasteiger partial charge in [0, 0.05) is 22.0 Å². The molecule has 0 spiro atoms. The Morgan fingerprint density at radius 1 is 1.32 bits per heavy atom. The van der Waals surface area contributed by atoms with Gasteiger partial charge in [-0.25, -0.2) is 0 Å². The molecule has 0 aliphatic carbocycles. The van der Waals surface area contributed by atoms with Crippen molar-refractivity contribution in [3.63, 3.8) is 0 Å². The van der Waals surface area contributed by atoms with Crippen LogP contribution in [0.25, 0.3) is 10.8 Å². The van der Waals surface area contributed by atoms with Crippen LogP contribution >= 0.6 is 11.6 Å². The molecule has 0 saturated heterocycles. The molecule has 2 aromatic rings. The van der Waals surface area contributed by atoms with E-state index in [1.807, 2.05) is 19.2 Å². The molecule has 0 radical (unpaired) electrons. The number of hydrogen-bond acceptors (Lipinski definition) is 2. The van der Waals surface area contributed by atoms with Crippen molar-refractivity contribution in [2.75, 3.05) is 13.7 Å². The molecule has 0 aliphatic rings. The van der Waals surface area contributed by atoms with Crippen molar-refractivity contribution in [3.05, 3.63) is 53.6 Å². The first-order valence-electron chi connectivity index (χ1n) is 6.28. The van der Waals surface area contributed by atoms with E-state index in [0.29, 0.717) is 11.6 Å². The van der Waals surface area contributed by atoms with Crippen LogP contribution in [0, 0.1) is 0 Å². The van der Waals surface area contributed by atoms with Crippen molar-refractivity contribution in [2.45, 2.75) is 13.0 Å². The molecular formula is C16H18ClNO. The summed E-state index contributed by atoms with van der Waals surface area (Å²) in [7, 11) is 1.93. The standard InChI is InChI=1S/C16H18ClNO/c1-11(17)10-19-16-14(12(2)18-3)9-8-13-6-4-5-7-15(13)16/h4-9,12,18H,1,10H2,2-3H3. The predicted molar refractivity (Wildman–Crippen MR) is 81.9 cm³/mol. The number of halogens is 1. The largest absolute Gasteiger partial charge is 0.487 e. The van der Waals surface area contributed by atoms with E-state index < -0.39 is 0 Å². The minimum atomic E-state index is 0.211. The van der Waals surface area contributed by atoms with Gasteiger partial charge in [0.05, 0.1) is 0 Å². The van der Waals surface area contributed by atoms with Crippen molar-refractivity contribution < 1.29 is 4.74 Å². The quantitative estimate of drug-likeness (QED) is 0.881. The molecule has 0 bridgehead atoms. The van der Waals surface area contributed by atoms with Crippen LogP contribution in [0.1, 0.15) is 18.5 Å². The summed E-state index contributed by atoms with van der Waals surface area (Å²) >= 11 is 5.81. The summed E-state index contributed by atoms with van der Waals surface area (Å²) in [6.07, 6.45) is 0. The first-order chi connectivity index (χ1) is 9.13. The lowest BCUT2D eigenvalue weighted by molar-refractivity contribution is 0.356. The molecule has 1 N–H and O–H groups in total. The molecule has 1 unspecified atom stereocenters. The Balaban J connectivity index is 2.54. The fourth-order valence-corrected chi connectivity index (χ4v) is 2.12. The van der Waals surface area contributed by atoms with E-state index in [-0.39, 0.29) is 6.04 Å². The lowest BCUT2D eigenvalue weighted by atomic mass is 10.0. The van der Waals surface area contributed by atoms with Crippen molar-refractivity contribution in [1.82, 2.24) is 5.32 Å². The monoisotopic (exact) mass is 275 g/mol. The Morgan fingerprint density at radius 2 is 2.05 bits per heavy atom. The van der Waals surface area contributed by atoms with E-state index in [4.69, 9.17) is 16.3 Å². The van der Waals surface area contributed by atoms with Crippen LogP contribution in [-0.4, -0.2) is 13.7 Å². The summed E-state index contributed by atoms with van der Waals surface area (Å²) in [4.78, 5) is 0. The maximum Gasteiger partial charge on any atom is 0.132 e. The summed E-state index contributed by atoms with van der Waals surface area (Å²) in [6.45, 7) is 6.09. The van der Waals surface area contributed by atoms with Gasteiger partial charge in [-0.3, -0.25) is 0 Å². The van der Waals surface area contributed by atoms with Crippen LogP contribution in [0.15, 0.2) is 48.0 Å². The second-order valence-corrected chi connectivity index (χ2v) is 5.06. The zero-order valence-electron chi connectivity index (χ0n) is 11.2. The lowest BCUT2D eigenvalue weighted by Gasteiger charge is -2.18. The highest BCUT2D eigenvalue weighted by Gasteiger charge is 2.13. The molecule has 2 rings (SSSR count). The summed E-state index contributed by atoms with van der Waals surface area (Å²) < 4.78 is 5.86. The number of benzene rings is 2. The predicted octanol–water partition coefficient (Wildman–Crippen LogP) is 4.25. The van der Waals surface area contributed by atoms with Gasteiger partial charge in [0.25, 0.3) is 0 Å². The van der Waals surface area contributed by atoms with Gasteiger partial charge in [-0.1, -0.05) is 54.6 Å². The number of hydrogen-bond donors (Lipinski definition) is 1. The number of rotatable bonds is 5. The van der Waals surface area contributed by atoms with Crippen LogP contribution in [-0.2, 0) is 0 Å². The second-order valence-electron chi connectivity index (χ2n) is 4.52. The third kappa shape index (κ3) is 3.09. The van der Waals surface area contributed by atoms with Gasteiger partial charge in [0.15, 0.2) is 0 Å². The van der Waals surface area contributed by atoms with E-state index in [1.54, 1.807) is 0 Å². The van der Waals surface area contributed by atoms with Gasteiger partial charge in [-0.05, 0) is 19.4 Å². The molecule has 0 saturated carbocycles. The molecule has 0 aliphatic heterocycles. The minimum Gasteiger partial charge on any atom is -0.487 e. The fraction of sp³-hybridized carbons (Fsp3) is 0.250. The van der Waals surface area contributed by atoms with Gasteiger partial charge in [0.2, 0.25) is 0 Å². The third-order valence-corrected chi connectivity index (χ3v) is 3.29. The molecule has 1 atom stereocenters. The Kier molecular flexibility index (Phi) is 4.46. The molecule has 0 fully saturated rings. The summed E-state index contributed by atoms with van der Waals surface area (Å²) in [5.74, 6) is 0.877. The molecule has 3 heteroatoms. The van der Waals surface area contributed by atoms with Crippen molar-refractivity contribution in [1.29, 1.82) is 0 Å². The van der Waals surface area contributed by atoms with Gasteiger partial charge in [0.1, 0.15) is 12.4 Å². The van der Waals surface area contributed by atoms with E-state index in [2.05, 4.69) is 43.1 Å². The zero-order chi connectivity index (χ0) is 13.8. The SMILES string of the molecule is C=C(Cl)COc1c(C(C)NC)ccc2ccccc12. The van der Waals surface area contributed by atoms with Crippen molar-refractivity contribution in [2.24, 2.45) is 0 Å². The summed E-state index contributed by atoms with van der Waals surface area (Å²) in [5, 5.41) is 5.99. The van der Waals surface area contributed by atoms with Crippen LogP contribution in [0.3, 0.4) is 0 Å². The Bertz CT molecular complexity index is 594. The summed E-state index contributed by atoms with van der Waals surface area (Å²) in [6, 6.07) is 12.6. The normalized spacial score (nSPS) is 12.4. The average Bonchev–Trinajstić information content (AvgIpc) is 2.43. The Hall–Kier alpha value is -1.51. The lowest BCUT2D eigenvalue weighted by Crippen LogP contribution is -2.14. The highest BCUT2D eigenvalue weighted by atomic mass is 35.5. The Labute approximate surface area is 119 Å². The van der Waals surface area contributed by atoms with Crippen LogP contribution < -0.4 is 10.1 Å². The van der Waals surface area contributed by atoms with E-state index >= 15 is 0 Å². The number of nitrogens with one attached hydrogen (secondary N) is 1. The topological polar surface area (TPSA) is 21.3 Å². The number of ether oxygens (including phenoxy) is 1. The van der Waals surface area contributed by atoms with Gasteiger partial charge >= 0.3 is 0 Å². The van der Waals surface area contributed by atoms with Gasteiger partial charge < -0.3 is 10.1 Å². The van der Waals surface area contributed by atoms with E-state index in [9.17, 15) is 0 Å². The van der Waals surface area contributed by atoms with Crippen LogP contribution in [0.5, 0.6) is 5.75 Å². The van der Waals surface area contributed by atoms with Crippen LogP contribution in [0.4, 0.5) is 0 Å². The average molecular weight is 276 g/mol. The molecule has 2 aromatic carbocycles. The van der Waals surface area contributed by atoms with E-state index in [1.165, 1.54) is 0 Å². The third-order valence-electron chi connectivity index (χ3n) is 3.18. The fourth-order valence-electron chi connectivity index (χ4n) is 2.07. The molecule has 0 heterocycles. The van der Waals surface area contributed by atoms with E-state index in [0.717, 1.165) is 22.1 Å². The van der Waals surface area contributed by atoms with Crippen molar-refractivity contribution >= 4 is 22.4 Å². The Morgan fingerprint density at radius 3 is 2.74 bits per heavy atom. The first-order valence-corrected chi connectivity index (χ1v) is 6.66. The smallest absolute Gasteiger partial charge is 0.132 e. The van der Waals surface area contributed by atoms with Gasteiger partial charge in [-0.15, -0.1) is 0 Å². The number of fused-ring (bicyclic) bond motifs is 1. The molecule has 19 heavy (non-hydrogen) atoms. The minimum absolute atomic E-state index is 0.211. The van der Waals surface area contributed by atoms with Crippen LogP contribution in [0.2, 0.25) is 0 Å². The molecule has 2 nitrogen and oxygen atoms in total. The first kappa shape index (κ1) is 13.9. The molecule has 100 valence electrons. The second kappa shape index (κ2) is 6.09. The summed E-state index contributed by atoms with van der Waals surface area (Å²) in [5.41, 5.74) is 1.12. The maximum atomic E-state index is 5.86. The highest BCUT2D eigenvalue weighted by molar-refractivity contribution is 6.29. The molecule has 0 aromatic heterocycles. The van der Waals surface area contributed by atoms with Crippen molar-refractivity contribution in [3.8, 4) is 5.75 Å². The molecule has 0 amide bonds. The highest BCUT2D eigenvalue weighted by Crippen LogP contribution is 2.33.